The van der Waals surface area contributed by atoms with Crippen LogP contribution in [0, 0.1) is 23.7 Å². The fraction of sp³-hybridized carbons (Fsp3) is 0.405. The summed E-state index contributed by atoms with van der Waals surface area (Å²) in [5, 5.41) is 5.71. The van der Waals surface area contributed by atoms with Gasteiger partial charge in [0, 0.05) is 24.4 Å². The van der Waals surface area contributed by atoms with Gasteiger partial charge in [-0.05, 0) is 71.2 Å². The predicted octanol–water partition coefficient (Wildman–Crippen LogP) is 7.73. The van der Waals surface area contributed by atoms with E-state index in [1.54, 1.807) is 0 Å². The molecule has 2 amide bonds. The number of amides is 2. The summed E-state index contributed by atoms with van der Waals surface area (Å²) in [5.74, 6) is 6.86. The monoisotopic (exact) mass is 552 g/mol. The summed E-state index contributed by atoms with van der Waals surface area (Å²) in [4.78, 5) is 22.7. The van der Waals surface area contributed by atoms with Crippen molar-refractivity contribution < 1.29 is 9.59 Å². The third-order valence-corrected chi connectivity index (χ3v) is 6.52. The van der Waals surface area contributed by atoms with E-state index >= 15 is 0 Å². The zero-order valence-corrected chi connectivity index (χ0v) is 25.8. The normalized spacial score (nSPS) is 10.3. The van der Waals surface area contributed by atoms with Gasteiger partial charge in [0.1, 0.15) is 0 Å². The Kier molecular flexibility index (Phi) is 15.1. The molecule has 0 heterocycles. The van der Waals surface area contributed by atoms with Gasteiger partial charge in [0.2, 0.25) is 11.8 Å². The van der Waals surface area contributed by atoms with E-state index in [0.29, 0.717) is 25.4 Å². The molecule has 0 unspecified atom stereocenters. The van der Waals surface area contributed by atoms with Gasteiger partial charge in [-0.3, -0.25) is 9.59 Å². The molecule has 0 saturated heterocycles. The van der Waals surface area contributed by atoms with Crippen LogP contribution in [0.15, 0.2) is 72.8 Å². The minimum absolute atomic E-state index is 0.0103. The van der Waals surface area contributed by atoms with Crippen LogP contribution in [0.1, 0.15) is 83.1 Å². The van der Waals surface area contributed by atoms with Gasteiger partial charge in [0.25, 0.3) is 0 Å². The zero-order chi connectivity index (χ0) is 30.0. The van der Waals surface area contributed by atoms with Crippen LogP contribution >= 0.6 is 0 Å². The number of hydrogen-bond donors (Lipinski definition) is 2. The van der Waals surface area contributed by atoms with Gasteiger partial charge >= 0.3 is 0 Å². The fourth-order valence-corrected chi connectivity index (χ4v) is 4.16. The molecule has 0 aliphatic rings. The third kappa shape index (κ3) is 13.4. The molecule has 41 heavy (non-hydrogen) atoms. The molecule has 0 radical (unpaired) electrons. The highest BCUT2D eigenvalue weighted by Gasteiger charge is 2.04. The summed E-state index contributed by atoms with van der Waals surface area (Å²) in [6.45, 7) is 13.2. The lowest BCUT2D eigenvalue weighted by molar-refractivity contribution is -0.123. The van der Waals surface area contributed by atoms with Crippen LogP contribution in [-0.4, -0.2) is 18.4 Å². The van der Waals surface area contributed by atoms with E-state index in [2.05, 4.69) is 97.8 Å². The highest BCUT2D eigenvalue weighted by atomic mass is 16.2. The maximum Gasteiger partial charge on any atom is 0.223 e. The number of rotatable bonds is 11. The topological polar surface area (TPSA) is 58.2 Å². The summed E-state index contributed by atoms with van der Waals surface area (Å²) in [6, 6.07) is 25.5. The molecular formula is C37H48N2O2. The first-order chi connectivity index (χ1) is 19.7. The van der Waals surface area contributed by atoms with E-state index < -0.39 is 0 Å². The second-order valence-corrected chi connectivity index (χ2v) is 11.1. The molecule has 3 rings (SSSR count). The van der Waals surface area contributed by atoms with Gasteiger partial charge in [-0.2, -0.15) is 0 Å². The first-order valence-electron chi connectivity index (χ1n) is 15.0. The highest BCUT2D eigenvalue weighted by molar-refractivity contribution is 5.78. The quantitative estimate of drug-likeness (QED) is 0.239. The van der Waals surface area contributed by atoms with Crippen molar-refractivity contribution in [2.45, 2.75) is 80.2 Å². The maximum atomic E-state index is 11.4. The van der Waals surface area contributed by atoms with Crippen LogP contribution in [0.5, 0.6) is 0 Å². The Morgan fingerprint density at radius 2 is 1.49 bits per heavy atom. The van der Waals surface area contributed by atoms with Crippen molar-refractivity contribution in [3.8, 4) is 23.0 Å². The SMILES string of the molecule is CC(C)Cc1cccc(C#CCNC(=O)C(C)C)c1.CCCCc1ccc(-c2cccc(CNC(=O)CC)c2)cc1. The Morgan fingerprint density at radius 3 is 2.15 bits per heavy atom. The van der Waals surface area contributed by atoms with Crippen LogP contribution in [0.25, 0.3) is 11.1 Å². The van der Waals surface area contributed by atoms with Crippen molar-refractivity contribution >= 4 is 11.8 Å². The molecule has 3 aromatic carbocycles. The number of benzene rings is 3. The van der Waals surface area contributed by atoms with Crippen molar-refractivity contribution in [3.05, 3.63) is 95.1 Å². The van der Waals surface area contributed by atoms with Crippen molar-refractivity contribution in [1.82, 2.24) is 10.6 Å². The van der Waals surface area contributed by atoms with Gasteiger partial charge < -0.3 is 10.6 Å². The molecular weight excluding hydrogens is 504 g/mol. The molecule has 0 aromatic heterocycles. The number of unbranched alkanes of at least 4 members (excludes halogenated alkanes) is 1. The molecule has 0 bridgehead atoms. The lowest BCUT2D eigenvalue weighted by Crippen LogP contribution is -2.27. The molecule has 0 atom stereocenters. The largest absolute Gasteiger partial charge is 0.352 e. The fourth-order valence-electron chi connectivity index (χ4n) is 4.16. The zero-order valence-electron chi connectivity index (χ0n) is 25.8. The summed E-state index contributed by atoms with van der Waals surface area (Å²) in [7, 11) is 0. The number of hydrogen-bond acceptors (Lipinski definition) is 2. The predicted molar refractivity (Wildman–Crippen MR) is 172 cm³/mol. The van der Waals surface area contributed by atoms with Gasteiger partial charge in [0.05, 0.1) is 6.54 Å². The van der Waals surface area contributed by atoms with E-state index in [1.807, 2.05) is 39.0 Å². The first kappa shape index (κ1) is 33.4. The molecule has 2 N–H and O–H groups in total. The van der Waals surface area contributed by atoms with Crippen LogP contribution in [0.2, 0.25) is 0 Å². The van der Waals surface area contributed by atoms with Gasteiger partial charge in [-0.15, -0.1) is 0 Å². The van der Waals surface area contributed by atoms with E-state index in [0.717, 1.165) is 24.0 Å². The van der Waals surface area contributed by atoms with Crippen molar-refractivity contribution in [1.29, 1.82) is 0 Å². The minimum Gasteiger partial charge on any atom is -0.352 e. The molecule has 0 spiro atoms. The van der Waals surface area contributed by atoms with E-state index in [-0.39, 0.29) is 17.7 Å². The number of carbonyl (C=O) groups is 2. The Morgan fingerprint density at radius 1 is 0.780 bits per heavy atom. The third-order valence-electron chi connectivity index (χ3n) is 6.52. The second kappa shape index (κ2) is 18.5. The first-order valence-corrected chi connectivity index (χ1v) is 15.0. The molecule has 0 aliphatic carbocycles. The summed E-state index contributed by atoms with van der Waals surface area (Å²) in [6.07, 6.45) is 5.22. The Balaban J connectivity index is 0.000000290. The van der Waals surface area contributed by atoms with Crippen LogP contribution in [0.4, 0.5) is 0 Å². The summed E-state index contributed by atoms with van der Waals surface area (Å²) < 4.78 is 0. The molecule has 3 aromatic rings. The van der Waals surface area contributed by atoms with Crippen LogP contribution in [-0.2, 0) is 29.0 Å². The Hall–Kier alpha value is -3.84. The van der Waals surface area contributed by atoms with Crippen molar-refractivity contribution in [3.63, 3.8) is 0 Å². The smallest absolute Gasteiger partial charge is 0.223 e. The Labute approximate surface area is 248 Å². The van der Waals surface area contributed by atoms with E-state index in [9.17, 15) is 9.59 Å². The summed E-state index contributed by atoms with van der Waals surface area (Å²) >= 11 is 0. The minimum atomic E-state index is 0.0103. The Bertz CT molecular complexity index is 1280. The molecule has 4 heteroatoms. The van der Waals surface area contributed by atoms with Gasteiger partial charge in [0.15, 0.2) is 0 Å². The molecule has 218 valence electrons. The second-order valence-electron chi connectivity index (χ2n) is 11.1. The molecule has 0 fully saturated rings. The number of aryl methyl sites for hydroxylation is 1. The van der Waals surface area contributed by atoms with E-state index in [4.69, 9.17) is 0 Å². The highest BCUT2D eigenvalue weighted by Crippen LogP contribution is 2.21. The average molecular weight is 553 g/mol. The molecule has 0 saturated carbocycles. The van der Waals surface area contributed by atoms with E-state index in [1.165, 1.54) is 35.1 Å². The average Bonchev–Trinajstić information content (AvgIpc) is 2.97. The number of nitrogens with one attached hydrogen (secondary N) is 2. The molecule has 4 nitrogen and oxygen atoms in total. The lowest BCUT2D eigenvalue weighted by Gasteiger charge is -2.08. The standard InChI is InChI=1S/C20H25NO.C17H23NO/c1-3-5-7-16-10-12-18(13-11-16)19-9-6-8-17(14-19)15-21-20(22)4-2;1-13(2)11-16-8-5-7-15(12-16)9-6-10-18-17(19)14(3)4/h6,8-14H,3-5,7,15H2,1-2H3,(H,21,22);5,7-8,12-14H,10-11H2,1-4H3,(H,18,19). The van der Waals surface area contributed by atoms with Gasteiger partial charge in [-0.1, -0.05) is 114 Å². The molecule has 0 aliphatic heterocycles. The summed E-state index contributed by atoms with van der Waals surface area (Å²) in [5.41, 5.74) is 7.28. The van der Waals surface area contributed by atoms with Crippen LogP contribution < -0.4 is 10.6 Å². The number of carbonyl (C=O) groups excluding carboxylic acids is 2. The maximum absolute atomic E-state index is 11.4. The lowest BCUT2D eigenvalue weighted by atomic mass is 10.00. The van der Waals surface area contributed by atoms with Crippen molar-refractivity contribution in [2.24, 2.45) is 11.8 Å². The van der Waals surface area contributed by atoms with Crippen LogP contribution in [0.3, 0.4) is 0 Å². The van der Waals surface area contributed by atoms with Crippen molar-refractivity contribution in [2.75, 3.05) is 6.54 Å². The van der Waals surface area contributed by atoms with Gasteiger partial charge in [-0.25, -0.2) is 0 Å².